The number of carbonyl (C=O) groups excluding carboxylic acids is 1. The van der Waals surface area contributed by atoms with Crippen LogP contribution in [0.4, 0.5) is 0 Å². The van der Waals surface area contributed by atoms with Crippen LogP contribution in [0.25, 0.3) is 0 Å². The van der Waals surface area contributed by atoms with Crippen LogP contribution < -0.4 is 0 Å². The summed E-state index contributed by atoms with van der Waals surface area (Å²) >= 11 is 0. The molecular formula is C19H26O2. The van der Waals surface area contributed by atoms with Crippen molar-refractivity contribution in [3.8, 4) is 0 Å². The first-order valence-electron chi connectivity index (χ1n) is 8.57. The lowest BCUT2D eigenvalue weighted by molar-refractivity contribution is -0.134. The lowest BCUT2D eigenvalue weighted by atomic mass is 9.48. The highest BCUT2D eigenvalue weighted by Crippen LogP contribution is 2.63. The minimum Gasteiger partial charge on any atom is -0.389 e. The number of hydrogen-bond acceptors (Lipinski definition) is 2. The van der Waals surface area contributed by atoms with Gasteiger partial charge in [0, 0.05) is 11.8 Å². The Balaban J connectivity index is 1.79. The van der Waals surface area contributed by atoms with Gasteiger partial charge >= 0.3 is 0 Å². The second kappa shape index (κ2) is 4.32. The van der Waals surface area contributed by atoms with Crippen molar-refractivity contribution in [2.45, 2.75) is 58.5 Å². The summed E-state index contributed by atoms with van der Waals surface area (Å²) in [5.74, 6) is 1.66. The summed E-state index contributed by atoms with van der Waals surface area (Å²) in [5.41, 5.74) is 1.40. The Bertz CT molecular complexity index is 546. The molecule has 0 spiro atoms. The van der Waals surface area contributed by atoms with Crippen LogP contribution in [0.2, 0.25) is 0 Å². The molecule has 2 heteroatoms. The molecule has 2 fully saturated rings. The highest BCUT2D eigenvalue weighted by atomic mass is 16.3. The van der Waals surface area contributed by atoms with Crippen LogP contribution in [-0.4, -0.2) is 17.0 Å². The topological polar surface area (TPSA) is 37.3 Å². The number of aliphatic hydroxyl groups excluding tert-OH is 1. The van der Waals surface area contributed by atoms with Crippen LogP contribution in [0.3, 0.4) is 0 Å². The molecular weight excluding hydrogens is 260 g/mol. The van der Waals surface area contributed by atoms with E-state index in [9.17, 15) is 9.90 Å². The standard InChI is InChI=1S/C19H26O2/c1-18-9-4-3-5-12(18)11-15(20)17-13-6-7-16(21)19(13,2)10-8-14(17)18/h3,5,11,13-15,17,20H,4,6-10H2,1-2H3/t13-,14-,15?,17-,18-,19-/m0/s1. The molecule has 0 heterocycles. The predicted molar refractivity (Wildman–Crippen MR) is 82.6 cm³/mol. The largest absolute Gasteiger partial charge is 0.389 e. The van der Waals surface area contributed by atoms with Crippen LogP contribution in [0.5, 0.6) is 0 Å². The van der Waals surface area contributed by atoms with E-state index < -0.39 is 0 Å². The molecule has 0 aromatic carbocycles. The quantitative estimate of drug-likeness (QED) is 0.738. The Morgan fingerprint density at radius 1 is 1.14 bits per heavy atom. The SMILES string of the molecule is C[C@]12CCC=CC1=CC(O)[C@@H]1[C@@H]2CC[C@]2(C)C(=O)CC[C@@H]12. The average Bonchev–Trinajstić information content (AvgIpc) is 2.76. The van der Waals surface area contributed by atoms with Gasteiger partial charge in [-0.1, -0.05) is 32.1 Å². The molecule has 0 amide bonds. The minimum absolute atomic E-state index is 0.158. The van der Waals surface area contributed by atoms with Crippen molar-refractivity contribution in [1.82, 2.24) is 0 Å². The third kappa shape index (κ3) is 1.66. The van der Waals surface area contributed by atoms with Crippen LogP contribution in [0, 0.1) is 28.6 Å². The summed E-state index contributed by atoms with van der Waals surface area (Å²) in [5, 5.41) is 10.8. The fraction of sp³-hybridized carbons (Fsp3) is 0.737. The van der Waals surface area contributed by atoms with Crippen LogP contribution in [-0.2, 0) is 4.79 Å². The van der Waals surface area contributed by atoms with Crippen molar-refractivity contribution in [2.75, 3.05) is 0 Å². The van der Waals surface area contributed by atoms with Gasteiger partial charge in [0.2, 0.25) is 0 Å². The fourth-order valence-corrected chi connectivity index (χ4v) is 6.06. The first-order chi connectivity index (χ1) is 9.97. The molecule has 21 heavy (non-hydrogen) atoms. The summed E-state index contributed by atoms with van der Waals surface area (Å²) in [4.78, 5) is 12.4. The molecule has 114 valence electrons. The third-order valence-corrected chi connectivity index (χ3v) is 7.39. The van der Waals surface area contributed by atoms with Gasteiger partial charge in [-0.25, -0.2) is 0 Å². The Labute approximate surface area is 127 Å². The van der Waals surface area contributed by atoms with Gasteiger partial charge in [0.25, 0.3) is 0 Å². The van der Waals surface area contributed by atoms with Crippen LogP contribution in [0.1, 0.15) is 52.4 Å². The van der Waals surface area contributed by atoms with Crippen molar-refractivity contribution in [3.05, 3.63) is 23.8 Å². The summed E-state index contributed by atoms with van der Waals surface area (Å²) in [6.07, 6.45) is 12.4. The average molecular weight is 286 g/mol. The predicted octanol–water partition coefficient (Wildman–Crippen LogP) is 3.66. The van der Waals surface area contributed by atoms with Crippen molar-refractivity contribution < 1.29 is 9.90 Å². The highest BCUT2D eigenvalue weighted by molar-refractivity contribution is 5.87. The second-order valence-corrected chi connectivity index (χ2v) is 8.18. The first-order valence-corrected chi connectivity index (χ1v) is 8.57. The van der Waals surface area contributed by atoms with Crippen LogP contribution >= 0.6 is 0 Å². The van der Waals surface area contributed by atoms with E-state index in [0.717, 1.165) is 32.1 Å². The van der Waals surface area contributed by atoms with Crippen molar-refractivity contribution in [2.24, 2.45) is 28.6 Å². The zero-order valence-electron chi connectivity index (χ0n) is 13.1. The lowest BCUT2D eigenvalue weighted by Gasteiger charge is -2.56. The molecule has 0 bridgehead atoms. The van der Waals surface area contributed by atoms with Gasteiger partial charge in [-0.3, -0.25) is 4.79 Å². The number of allylic oxidation sites excluding steroid dienone is 3. The summed E-state index contributed by atoms with van der Waals surface area (Å²) in [6, 6.07) is 0. The van der Waals surface area contributed by atoms with Gasteiger partial charge in [0.1, 0.15) is 5.78 Å². The molecule has 0 aromatic rings. The van der Waals surface area contributed by atoms with E-state index >= 15 is 0 Å². The van der Waals surface area contributed by atoms with Crippen molar-refractivity contribution in [1.29, 1.82) is 0 Å². The number of aliphatic hydroxyl groups is 1. The van der Waals surface area contributed by atoms with E-state index in [-0.39, 0.29) is 22.9 Å². The fourth-order valence-electron chi connectivity index (χ4n) is 6.06. The maximum atomic E-state index is 12.4. The summed E-state index contributed by atoms with van der Waals surface area (Å²) in [6.45, 7) is 4.56. The molecule has 6 atom stereocenters. The number of ketones is 1. The molecule has 4 rings (SSSR count). The van der Waals surface area contributed by atoms with Gasteiger partial charge in [-0.15, -0.1) is 0 Å². The molecule has 2 saturated carbocycles. The Morgan fingerprint density at radius 3 is 2.71 bits per heavy atom. The smallest absolute Gasteiger partial charge is 0.139 e. The van der Waals surface area contributed by atoms with Gasteiger partial charge in [0.15, 0.2) is 0 Å². The van der Waals surface area contributed by atoms with E-state index in [1.807, 2.05) is 0 Å². The molecule has 4 aliphatic carbocycles. The maximum Gasteiger partial charge on any atom is 0.139 e. The van der Waals surface area contributed by atoms with Crippen LogP contribution in [0.15, 0.2) is 23.8 Å². The molecule has 2 nitrogen and oxygen atoms in total. The molecule has 4 aliphatic rings. The Kier molecular flexibility index (Phi) is 2.83. The monoisotopic (exact) mass is 286 g/mol. The molecule has 0 saturated heterocycles. The number of carbonyl (C=O) groups is 1. The molecule has 1 unspecified atom stereocenters. The normalized spacial score (nSPS) is 52.0. The molecule has 0 radical (unpaired) electrons. The van der Waals surface area contributed by atoms with Gasteiger partial charge in [0.05, 0.1) is 6.10 Å². The third-order valence-electron chi connectivity index (χ3n) is 7.39. The number of hydrogen-bond donors (Lipinski definition) is 1. The van der Waals surface area contributed by atoms with Crippen molar-refractivity contribution in [3.63, 3.8) is 0 Å². The Hall–Kier alpha value is -0.890. The zero-order chi connectivity index (χ0) is 14.8. The number of Topliss-reactive ketones (excluding diaryl/α,β-unsaturated/α-hetero) is 1. The first kappa shape index (κ1) is 13.8. The van der Waals surface area contributed by atoms with E-state index in [0.29, 0.717) is 17.6 Å². The number of fused-ring (bicyclic) bond motifs is 5. The molecule has 0 aromatic heterocycles. The van der Waals surface area contributed by atoms with Crippen molar-refractivity contribution >= 4 is 5.78 Å². The maximum absolute atomic E-state index is 12.4. The summed E-state index contributed by atoms with van der Waals surface area (Å²) in [7, 11) is 0. The van der Waals surface area contributed by atoms with Gasteiger partial charge in [-0.2, -0.15) is 0 Å². The van der Waals surface area contributed by atoms with E-state index in [4.69, 9.17) is 0 Å². The zero-order valence-corrected chi connectivity index (χ0v) is 13.1. The Morgan fingerprint density at radius 2 is 1.90 bits per heavy atom. The van der Waals surface area contributed by atoms with E-state index in [2.05, 4.69) is 32.1 Å². The lowest BCUT2D eigenvalue weighted by Crippen LogP contribution is -2.53. The van der Waals surface area contributed by atoms with Gasteiger partial charge in [-0.05, 0) is 60.8 Å². The minimum atomic E-state index is -0.364. The summed E-state index contributed by atoms with van der Waals surface area (Å²) < 4.78 is 0. The van der Waals surface area contributed by atoms with Gasteiger partial charge < -0.3 is 5.11 Å². The highest BCUT2D eigenvalue weighted by Gasteiger charge is 2.60. The van der Waals surface area contributed by atoms with E-state index in [1.165, 1.54) is 12.0 Å². The second-order valence-electron chi connectivity index (χ2n) is 8.18. The molecule has 0 aliphatic heterocycles. The molecule has 1 N–H and O–H groups in total. The number of rotatable bonds is 0. The van der Waals surface area contributed by atoms with E-state index in [1.54, 1.807) is 0 Å².